The minimum absolute atomic E-state index is 0.0174. The number of hydrogen-bond acceptors (Lipinski definition) is 2. The minimum atomic E-state index is -0.174. The molecule has 22 heavy (non-hydrogen) atoms. The second-order valence-electron chi connectivity index (χ2n) is 5.15. The first-order valence-electron chi connectivity index (χ1n) is 7.43. The van der Waals surface area contributed by atoms with E-state index in [0.29, 0.717) is 12.1 Å². The number of thiophene rings is 1. The highest BCUT2D eigenvalue weighted by Gasteiger charge is 2.09. The third kappa shape index (κ3) is 4.56. The topological polar surface area (TPSA) is 36.4 Å². The zero-order valence-electron chi connectivity index (χ0n) is 13.2. The monoisotopic (exact) mass is 319 g/mol. The molecule has 1 atom stereocenters. The number of nitrogens with one attached hydrogen (secondary N) is 2. The van der Waals surface area contributed by atoms with E-state index in [1.54, 1.807) is 30.4 Å². The van der Waals surface area contributed by atoms with E-state index in [4.69, 9.17) is 0 Å². The van der Waals surface area contributed by atoms with Crippen LogP contribution in [0.1, 0.15) is 35.9 Å². The molecule has 2 rings (SSSR count). The lowest BCUT2D eigenvalue weighted by Gasteiger charge is -2.18. The molecular weight excluding hydrogens is 297 g/mol. The molecule has 0 saturated carbocycles. The number of guanidine groups is 1. The highest BCUT2D eigenvalue weighted by atomic mass is 32.1. The van der Waals surface area contributed by atoms with Crippen molar-refractivity contribution in [1.82, 2.24) is 10.6 Å². The summed E-state index contributed by atoms with van der Waals surface area (Å²) in [5.41, 5.74) is 1.57. The molecule has 0 aliphatic carbocycles. The van der Waals surface area contributed by atoms with Gasteiger partial charge in [-0.25, -0.2) is 9.38 Å². The van der Waals surface area contributed by atoms with Crippen molar-refractivity contribution in [3.05, 3.63) is 57.5 Å². The highest BCUT2D eigenvalue weighted by molar-refractivity contribution is 7.09. The first-order valence-corrected chi connectivity index (χ1v) is 8.31. The van der Waals surface area contributed by atoms with Crippen molar-refractivity contribution in [2.45, 2.75) is 33.4 Å². The predicted octanol–water partition coefficient (Wildman–Crippen LogP) is 4.01. The Morgan fingerprint density at radius 3 is 2.82 bits per heavy atom. The van der Waals surface area contributed by atoms with E-state index in [9.17, 15) is 4.39 Å². The maximum absolute atomic E-state index is 13.7. The Bertz CT molecular complexity index is 623. The lowest BCUT2D eigenvalue weighted by molar-refractivity contribution is 0.607. The lowest BCUT2D eigenvalue weighted by Crippen LogP contribution is -2.38. The molecule has 1 aromatic carbocycles. The van der Waals surface area contributed by atoms with Crippen LogP contribution >= 0.6 is 11.3 Å². The van der Waals surface area contributed by atoms with Gasteiger partial charge >= 0.3 is 0 Å². The average Bonchev–Trinajstić information content (AvgIpc) is 3.01. The number of aryl methyl sites for hydroxylation is 1. The van der Waals surface area contributed by atoms with Crippen LogP contribution in [0.25, 0.3) is 0 Å². The molecule has 1 unspecified atom stereocenters. The number of benzene rings is 1. The number of aliphatic imine (C=N–C) groups is 1. The first kappa shape index (κ1) is 16.5. The van der Waals surface area contributed by atoms with Gasteiger partial charge in [-0.2, -0.15) is 0 Å². The van der Waals surface area contributed by atoms with Crippen LogP contribution in [0.2, 0.25) is 0 Å². The third-order valence-electron chi connectivity index (χ3n) is 3.37. The van der Waals surface area contributed by atoms with Crippen LogP contribution < -0.4 is 10.6 Å². The molecule has 0 aliphatic rings. The van der Waals surface area contributed by atoms with Gasteiger partial charge in [0, 0.05) is 11.4 Å². The quantitative estimate of drug-likeness (QED) is 0.645. The summed E-state index contributed by atoms with van der Waals surface area (Å²) in [5.74, 6) is 0.566. The van der Waals surface area contributed by atoms with Crippen LogP contribution in [0.15, 0.2) is 40.7 Å². The summed E-state index contributed by atoms with van der Waals surface area (Å²) in [6, 6.07) is 9.40. The fourth-order valence-corrected chi connectivity index (χ4v) is 2.67. The molecular formula is C17H22FN3S. The molecule has 0 saturated heterocycles. The van der Waals surface area contributed by atoms with E-state index in [1.807, 2.05) is 31.4 Å². The molecule has 5 heteroatoms. The Morgan fingerprint density at radius 2 is 2.18 bits per heavy atom. The van der Waals surface area contributed by atoms with E-state index in [0.717, 1.165) is 18.1 Å². The largest absolute Gasteiger partial charge is 0.357 e. The van der Waals surface area contributed by atoms with Gasteiger partial charge < -0.3 is 10.6 Å². The van der Waals surface area contributed by atoms with E-state index < -0.39 is 0 Å². The van der Waals surface area contributed by atoms with Gasteiger partial charge in [-0.3, -0.25) is 0 Å². The van der Waals surface area contributed by atoms with Crippen molar-refractivity contribution < 1.29 is 4.39 Å². The van der Waals surface area contributed by atoms with Crippen LogP contribution in [0.5, 0.6) is 0 Å². The number of halogens is 1. The molecule has 0 bridgehead atoms. The number of nitrogens with zero attached hydrogens (tertiary/aromatic N) is 1. The maximum atomic E-state index is 13.7. The second-order valence-corrected chi connectivity index (χ2v) is 6.18. The zero-order chi connectivity index (χ0) is 15.9. The third-order valence-corrected chi connectivity index (χ3v) is 4.23. The van der Waals surface area contributed by atoms with Crippen LogP contribution in [0.4, 0.5) is 4.39 Å². The molecule has 0 amide bonds. The number of hydrogen-bond donors (Lipinski definition) is 2. The van der Waals surface area contributed by atoms with Crippen molar-refractivity contribution in [2.75, 3.05) is 6.54 Å². The second kappa shape index (κ2) is 7.94. The van der Waals surface area contributed by atoms with Gasteiger partial charge in [0.1, 0.15) is 5.82 Å². The van der Waals surface area contributed by atoms with E-state index >= 15 is 0 Å². The Hall–Kier alpha value is -1.88. The van der Waals surface area contributed by atoms with Gasteiger partial charge in [0.2, 0.25) is 0 Å². The molecule has 0 fully saturated rings. The van der Waals surface area contributed by atoms with Crippen LogP contribution in [-0.4, -0.2) is 12.5 Å². The van der Waals surface area contributed by atoms with Gasteiger partial charge in [0.05, 0.1) is 12.6 Å². The summed E-state index contributed by atoms with van der Waals surface area (Å²) in [4.78, 5) is 5.79. The Balaban J connectivity index is 2.05. The summed E-state index contributed by atoms with van der Waals surface area (Å²) >= 11 is 1.69. The predicted molar refractivity (Wildman–Crippen MR) is 91.8 cm³/mol. The SMILES string of the molecule is CCNC(=NCc1cccs1)NC(C)c1ccc(C)c(F)c1. The Kier molecular flexibility index (Phi) is 5.95. The van der Waals surface area contributed by atoms with Crippen LogP contribution in [0, 0.1) is 12.7 Å². The van der Waals surface area contributed by atoms with E-state index in [-0.39, 0.29) is 11.9 Å². The van der Waals surface area contributed by atoms with Gasteiger partial charge in [-0.05, 0) is 49.4 Å². The van der Waals surface area contributed by atoms with Gasteiger partial charge in [0.15, 0.2) is 5.96 Å². The fraction of sp³-hybridized carbons (Fsp3) is 0.353. The van der Waals surface area contributed by atoms with Crippen LogP contribution in [-0.2, 0) is 6.54 Å². The summed E-state index contributed by atoms with van der Waals surface area (Å²) in [6.45, 7) is 7.22. The summed E-state index contributed by atoms with van der Waals surface area (Å²) < 4.78 is 13.7. The standard InChI is InChI=1S/C17H22FN3S/c1-4-19-17(20-11-15-6-5-9-22-15)21-13(3)14-8-7-12(2)16(18)10-14/h5-10,13H,4,11H2,1-3H3,(H2,19,20,21). The molecule has 0 aliphatic heterocycles. The molecule has 1 heterocycles. The molecule has 3 nitrogen and oxygen atoms in total. The molecule has 0 radical (unpaired) electrons. The van der Waals surface area contributed by atoms with E-state index in [1.165, 1.54) is 4.88 Å². The summed E-state index contributed by atoms with van der Waals surface area (Å²) in [5, 5.41) is 8.59. The summed E-state index contributed by atoms with van der Waals surface area (Å²) in [7, 11) is 0. The van der Waals surface area contributed by atoms with Gasteiger partial charge in [-0.1, -0.05) is 18.2 Å². The normalized spacial score (nSPS) is 13.0. The molecule has 2 N–H and O–H groups in total. The van der Waals surface area contributed by atoms with Crippen molar-refractivity contribution in [3.8, 4) is 0 Å². The molecule has 1 aromatic heterocycles. The Labute approximate surface area is 135 Å². The average molecular weight is 319 g/mol. The van der Waals surface area contributed by atoms with Gasteiger partial charge in [-0.15, -0.1) is 11.3 Å². The molecule has 118 valence electrons. The van der Waals surface area contributed by atoms with Crippen molar-refractivity contribution >= 4 is 17.3 Å². The van der Waals surface area contributed by atoms with Gasteiger partial charge in [0.25, 0.3) is 0 Å². The maximum Gasteiger partial charge on any atom is 0.192 e. The highest BCUT2D eigenvalue weighted by Crippen LogP contribution is 2.16. The smallest absolute Gasteiger partial charge is 0.192 e. The van der Waals surface area contributed by atoms with Crippen molar-refractivity contribution in [1.29, 1.82) is 0 Å². The summed E-state index contributed by atoms with van der Waals surface area (Å²) in [6.07, 6.45) is 0. The van der Waals surface area contributed by atoms with Crippen molar-refractivity contribution in [3.63, 3.8) is 0 Å². The Morgan fingerprint density at radius 1 is 1.36 bits per heavy atom. The van der Waals surface area contributed by atoms with E-state index in [2.05, 4.69) is 21.7 Å². The lowest BCUT2D eigenvalue weighted by atomic mass is 10.1. The molecule has 2 aromatic rings. The van der Waals surface area contributed by atoms with Crippen molar-refractivity contribution in [2.24, 2.45) is 4.99 Å². The number of rotatable bonds is 5. The van der Waals surface area contributed by atoms with Crippen LogP contribution in [0.3, 0.4) is 0 Å². The zero-order valence-corrected chi connectivity index (χ0v) is 14.0. The first-order chi connectivity index (χ1) is 10.6. The minimum Gasteiger partial charge on any atom is -0.357 e. The fourth-order valence-electron chi connectivity index (χ4n) is 2.05. The molecule has 0 spiro atoms.